The third-order valence-corrected chi connectivity index (χ3v) is 6.20. The van der Waals surface area contributed by atoms with Gasteiger partial charge in [-0.2, -0.15) is 0 Å². The number of hydrogen-bond donors (Lipinski definition) is 0. The van der Waals surface area contributed by atoms with E-state index in [0.717, 1.165) is 43.5 Å². The third-order valence-electron chi connectivity index (χ3n) is 6.20. The Kier molecular flexibility index (Phi) is 4.91. The molecule has 0 bridgehead atoms. The summed E-state index contributed by atoms with van der Waals surface area (Å²) in [6.07, 6.45) is 15.5. The van der Waals surface area contributed by atoms with E-state index in [0.29, 0.717) is 6.42 Å². The quantitative estimate of drug-likeness (QED) is 0.676. The minimum atomic E-state index is -0.460. The molecule has 0 aromatic heterocycles. The lowest BCUT2D eigenvalue weighted by Crippen LogP contribution is -2.38. The first kappa shape index (κ1) is 19.7. The molecule has 0 amide bonds. The topological polar surface area (TPSA) is 36.9 Å². The Balaban J connectivity index is 1.35. The number of allylic oxidation sites excluding steroid dienone is 4. The average molecular weight is 437 g/mol. The van der Waals surface area contributed by atoms with Crippen LogP contribution >= 0.6 is 0 Å². The van der Waals surface area contributed by atoms with Crippen LogP contribution in [0.5, 0.6) is 0 Å². The molecular formula is C29H24O4. The van der Waals surface area contributed by atoms with Crippen molar-refractivity contribution in [3.05, 3.63) is 117 Å². The van der Waals surface area contributed by atoms with Crippen LogP contribution in [0.25, 0.3) is 23.7 Å². The van der Waals surface area contributed by atoms with Gasteiger partial charge in [0.15, 0.2) is 0 Å². The Morgan fingerprint density at radius 1 is 0.727 bits per heavy atom. The normalized spacial score (nSPS) is 22.5. The Hall–Kier alpha value is -3.92. The fraction of sp³-hybridized carbons (Fsp3) is 0.172. The van der Waals surface area contributed by atoms with Crippen molar-refractivity contribution in [2.75, 3.05) is 0 Å². The highest BCUT2D eigenvalue weighted by Gasteiger charge is 2.29. The van der Waals surface area contributed by atoms with Gasteiger partial charge in [0.2, 0.25) is 6.29 Å². The van der Waals surface area contributed by atoms with E-state index in [2.05, 4.69) is 31.2 Å². The number of benzene rings is 2. The highest BCUT2D eigenvalue weighted by atomic mass is 16.7. The van der Waals surface area contributed by atoms with E-state index in [1.807, 2.05) is 73.2 Å². The molecule has 0 fully saturated rings. The van der Waals surface area contributed by atoms with Crippen molar-refractivity contribution in [3.8, 4) is 0 Å². The fourth-order valence-electron chi connectivity index (χ4n) is 4.60. The molecule has 2 atom stereocenters. The van der Waals surface area contributed by atoms with Gasteiger partial charge < -0.3 is 18.9 Å². The standard InChI is InChI=1S/C29H24O4/c1-2-27(32-25-15-7-13-23-28(25)21-11-5-3-9-19(21)17-30-23)33-26-16-8-14-24-29(26)22-12-6-4-10-20(22)18-31-24/h3-18,23-24,27H,2H2,1H3. The lowest BCUT2D eigenvalue weighted by atomic mass is 9.97. The first-order chi connectivity index (χ1) is 16.3. The van der Waals surface area contributed by atoms with Gasteiger partial charge in [-0.05, 0) is 34.7 Å². The molecule has 0 N–H and O–H groups in total. The smallest absolute Gasteiger partial charge is 0.240 e. The van der Waals surface area contributed by atoms with Crippen molar-refractivity contribution in [2.24, 2.45) is 0 Å². The lowest BCUT2D eigenvalue weighted by Gasteiger charge is -2.31. The summed E-state index contributed by atoms with van der Waals surface area (Å²) >= 11 is 0. The summed E-state index contributed by atoms with van der Waals surface area (Å²) in [5, 5.41) is 4.35. The van der Waals surface area contributed by atoms with Gasteiger partial charge >= 0.3 is 0 Å². The van der Waals surface area contributed by atoms with Crippen LogP contribution in [-0.2, 0) is 18.9 Å². The maximum absolute atomic E-state index is 6.47. The van der Waals surface area contributed by atoms with Crippen LogP contribution in [-0.4, -0.2) is 18.5 Å². The van der Waals surface area contributed by atoms with E-state index in [9.17, 15) is 0 Å². The van der Waals surface area contributed by atoms with E-state index in [4.69, 9.17) is 18.9 Å². The predicted molar refractivity (Wildman–Crippen MR) is 128 cm³/mol. The van der Waals surface area contributed by atoms with Crippen LogP contribution in [0.15, 0.2) is 96.5 Å². The Bertz CT molecular complexity index is 1360. The first-order valence-electron chi connectivity index (χ1n) is 11.3. The molecule has 33 heavy (non-hydrogen) atoms. The first-order valence-corrected chi connectivity index (χ1v) is 11.3. The number of hydrogen-bond acceptors (Lipinski definition) is 4. The number of rotatable bonds is 5. The second kappa shape index (κ2) is 8.21. The van der Waals surface area contributed by atoms with E-state index in [-0.39, 0.29) is 12.2 Å². The van der Waals surface area contributed by atoms with Crippen LogP contribution in [0.4, 0.5) is 0 Å². The maximum atomic E-state index is 6.47. The SMILES string of the molecule is CCC(OC1=CC=CC2OC=c3ccccc3=C12)OC1=CC=CC2OC=c3ccccc3=C12. The molecule has 0 spiro atoms. The summed E-state index contributed by atoms with van der Waals surface area (Å²) in [5.74, 6) is 1.55. The van der Waals surface area contributed by atoms with Crippen molar-refractivity contribution < 1.29 is 18.9 Å². The summed E-state index contributed by atoms with van der Waals surface area (Å²) in [6, 6.07) is 16.4. The molecule has 164 valence electrons. The van der Waals surface area contributed by atoms with Gasteiger partial charge in [0, 0.05) is 28.0 Å². The van der Waals surface area contributed by atoms with Crippen molar-refractivity contribution >= 4 is 23.7 Å². The molecule has 2 aliphatic heterocycles. The molecule has 4 nitrogen and oxygen atoms in total. The lowest BCUT2D eigenvalue weighted by molar-refractivity contribution is -0.0798. The summed E-state index contributed by atoms with van der Waals surface area (Å²) in [7, 11) is 0. The van der Waals surface area contributed by atoms with Crippen LogP contribution in [0.3, 0.4) is 0 Å². The van der Waals surface area contributed by atoms with Gasteiger partial charge in [-0.1, -0.05) is 67.6 Å². The molecule has 0 radical (unpaired) electrons. The minimum absolute atomic E-state index is 0.165. The van der Waals surface area contributed by atoms with Gasteiger partial charge in [-0.15, -0.1) is 0 Å². The second-order valence-electron chi connectivity index (χ2n) is 8.26. The van der Waals surface area contributed by atoms with E-state index >= 15 is 0 Å². The molecule has 2 heterocycles. The number of fused-ring (bicyclic) bond motifs is 4. The van der Waals surface area contributed by atoms with Gasteiger partial charge in [0.25, 0.3) is 0 Å². The second-order valence-corrected chi connectivity index (χ2v) is 8.26. The third kappa shape index (κ3) is 3.48. The molecule has 4 aliphatic rings. The summed E-state index contributed by atoms with van der Waals surface area (Å²) in [4.78, 5) is 0. The van der Waals surface area contributed by atoms with Crippen molar-refractivity contribution in [1.82, 2.24) is 0 Å². The summed E-state index contributed by atoms with van der Waals surface area (Å²) in [5.41, 5.74) is 2.06. The molecule has 2 unspecified atom stereocenters. The molecular weight excluding hydrogens is 412 g/mol. The van der Waals surface area contributed by atoms with Crippen LogP contribution in [0, 0.1) is 0 Å². The van der Waals surface area contributed by atoms with E-state index < -0.39 is 6.29 Å². The van der Waals surface area contributed by atoms with E-state index in [1.54, 1.807) is 0 Å². The van der Waals surface area contributed by atoms with Crippen LogP contribution in [0.1, 0.15) is 13.3 Å². The molecule has 2 aliphatic carbocycles. The molecule has 2 aromatic carbocycles. The van der Waals surface area contributed by atoms with Crippen LogP contribution < -0.4 is 20.9 Å². The van der Waals surface area contributed by atoms with Crippen molar-refractivity contribution in [2.45, 2.75) is 31.8 Å². The molecule has 0 saturated heterocycles. The van der Waals surface area contributed by atoms with Gasteiger partial charge in [0.1, 0.15) is 23.7 Å². The summed E-state index contributed by atoms with van der Waals surface area (Å²) < 4.78 is 24.9. The predicted octanol–water partition coefficient (Wildman–Crippen LogP) is 2.64. The van der Waals surface area contributed by atoms with Gasteiger partial charge in [0.05, 0.1) is 12.5 Å². The zero-order valence-corrected chi connectivity index (χ0v) is 18.3. The molecule has 4 heteroatoms. The highest BCUT2D eigenvalue weighted by molar-refractivity contribution is 5.72. The van der Waals surface area contributed by atoms with Crippen molar-refractivity contribution in [1.29, 1.82) is 0 Å². The Morgan fingerprint density at radius 3 is 1.70 bits per heavy atom. The maximum Gasteiger partial charge on any atom is 0.240 e. The monoisotopic (exact) mass is 436 g/mol. The largest absolute Gasteiger partial charge is 0.488 e. The zero-order chi connectivity index (χ0) is 22.2. The molecule has 2 aromatic rings. The van der Waals surface area contributed by atoms with Gasteiger partial charge in [-0.3, -0.25) is 0 Å². The average Bonchev–Trinajstić information content (AvgIpc) is 2.88. The highest BCUT2D eigenvalue weighted by Crippen LogP contribution is 2.31. The Morgan fingerprint density at radius 2 is 1.21 bits per heavy atom. The fourth-order valence-corrected chi connectivity index (χ4v) is 4.60. The zero-order valence-electron chi connectivity index (χ0n) is 18.3. The summed E-state index contributed by atoms with van der Waals surface area (Å²) in [6.45, 7) is 2.06. The minimum Gasteiger partial charge on any atom is -0.488 e. The molecule has 6 rings (SSSR count). The Labute approximate surface area is 192 Å². The number of ether oxygens (including phenoxy) is 4. The van der Waals surface area contributed by atoms with E-state index in [1.165, 1.54) is 0 Å². The van der Waals surface area contributed by atoms with Crippen LogP contribution in [0.2, 0.25) is 0 Å². The van der Waals surface area contributed by atoms with Crippen molar-refractivity contribution in [3.63, 3.8) is 0 Å². The molecule has 0 saturated carbocycles. The van der Waals surface area contributed by atoms with Gasteiger partial charge in [-0.25, -0.2) is 0 Å².